The number of amides is 2. The fraction of sp³-hybridized carbons (Fsp3) is 0.611. The van der Waals surface area contributed by atoms with Crippen molar-refractivity contribution >= 4 is 6.03 Å². The quantitative estimate of drug-likeness (QED) is 0.840. The fourth-order valence-electron chi connectivity index (χ4n) is 2.63. The van der Waals surface area contributed by atoms with Gasteiger partial charge in [0.25, 0.3) is 0 Å². The van der Waals surface area contributed by atoms with E-state index in [2.05, 4.69) is 5.32 Å². The highest BCUT2D eigenvalue weighted by Crippen LogP contribution is 2.13. The van der Waals surface area contributed by atoms with Crippen LogP contribution in [0.25, 0.3) is 0 Å². The normalized spacial score (nSPS) is 17.7. The molecule has 1 heterocycles. The Morgan fingerprint density at radius 3 is 2.70 bits per heavy atom. The number of carbonyl (C=O) groups is 1. The number of carbonyl (C=O) groups excluding carboxylic acids is 1. The van der Waals surface area contributed by atoms with Crippen molar-refractivity contribution in [3.63, 3.8) is 0 Å². The van der Waals surface area contributed by atoms with E-state index in [1.807, 2.05) is 38.2 Å². The summed E-state index contributed by atoms with van der Waals surface area (Å²) in [5, 5.41) is 2.95. The van der Waals surface area contributed by atoms with Crippen molar-refractivity contribution in [3.8, 4) is 0 Å². The summed E-state index contributed by atoms with van der Waals surface area (Å²) in [6, 6.07) is 8.07. The summed E-state index contributed by atoms with van der Waals surface area (Å²) in [5.74, 6) is 0. The number of nitrogens with zero attached hydrogens (tertiary/aromatic N) is 1. The molecule has 0 bridgehead atoms. The summed E-state index contributed by atoms with van der Waals surface area (Å²) in [6.45, 7) is 5.33. The number of hydrogen-bond acceptors (Lipinski definition) is 3. The lowest BCUT2D eigenvalue weighted by Gasteiger charge is -2.27. The first-order valence-corrected chi connectivity index (χ1v) is 8.45. The van der Waals surface area contributed by atoms with Crippen molar-refractivity contribution in [3.05, 3.63) is 35.4 Å². The molecule has 5 nitrogen and oxygen atoms in total. The average molecular weight is 320 g/mol. The van der Waals surface area contributed by atoms with Gasteiger partial charge in [-0.05, 0) is 37.3 Å². The van der Waals surface area contributed by atoms with Crippen LogP contribution in [0, 0.1) is 0 Å². The number of nitrogens with one attached hydrogen (secondary N) is 1. The zero-order valence-corrected chi connectivity index (χ0v) is 14.2. The Morgan fingerprint density at radius 2 is 2.04 bits per heavy atom. The highest BCUT2D eigenvalue weighted by atomic mass is 16.5. The zero-order valence-electron chi connectivity index (χ0n) is 14.2. The van der Waals surface area contributed by atoms with Gasteiger partial charge in [-0.1, -0.05) is 24.3 Å². The lowest BCUT2D eigenvalue weighted by atomic mass is 10.1. The summed E-state index contributed by atoms with van der Waals surface area (Å²) >= 11 is 0. The predicted octanol–water partition coefficient (Wildman–Crippen LogP) is 2.93. The Labute approximate surface area is 139 Å². The minimum atomic E-state index is -0.0578. The van der Waals surface area contributed by atoms with Crippen molar-refractivity contribution in [1.29, 1.82) is 0 Å². The molecule has 0 radical (unpaired) electrons. The number of likely N-dealkylation sites (N-methyl/N-ethyl adjacent to an activating group) is 1. The third kappa shape index (κ3) is 6.20. The predicted molar refractivity (Wildman–Crippen MR) is 90.2 cm³/mol. The van der Waals surface area contributed by atoms with Crippen LogP contribution in [-0.2, 0) is 22.6 Å². The van der Waals surface area contributed by atoms with Crippen LogP contribution in [0.5, 0.6) is 0 Å². The molecule has 1 aromatic carbocycles. The molecular formula is C18H28N2O3. The fourth-order valence-corrected chi connectivity index (χ4v) is 2.63. The smallest absolute Gasteiger partial charge is 0.317 e. The first-order valence-electron chi connectivity index (χ1n) is 8.45. The van der Waals surface area contributed by atoms with Crippen LogP contribution in [0.15, 0.2) is 24.3 Å². The first-order chi connectivity index (χ1) is 11.2. The molecule has 1 saturated heterocycles. The molecule has 0 aromatic heterocycles. The van der Waals surface area contributed by atoms with Gasteiger partial charge in [-0.15, -0.1) is 0 Å². The van der Waals surface area contributed by atoms with Crippen LogP contribution >= 0.6 is 0 Å². The third-order valence-corrected chi connectivity index (χ3v) is 4.04. The van der Waals surface area contributed by atoms with Crippen LogP contribution in [0.3, 0.4) is 0 Å². The van der Waals surface area contributed by atoms with Gasteiger partial charge in [0.15, 0.2) is 0 Å². The molecule has 5 heteroatoms. The van der Waals surface area contributed by atoms with E-state index in [1.54, 1.807) is 4.90 Å². The van der Waals surface area contributed by atoms with Crippen LogP contribution < -0.4 is 5.32 Å². The molecule has 0 saturated carbocycles. The summed E-state index contributed by atoms with van der Waals surface area (Å²) in [6.07, 6.45) is 3.54. The Kier molecular flexibility index (Phi) is 7.36. The topological polar surface area (TPSA) is 50.8 Å². The second kappa shape index (κ2) is 9.53. The van der Waals surface area contributed by atoms with Crippen molar-refractivity contribution in [2.24, 2.45) is 0 Å². The van der Waals surface area contributed by atoms with Gasteiger partial charge in [-0.2, -0.15) is 0 Å². The highest BCUT2D eigenvalue weighted by molar-refractivity contribution is 5.73. The number of urea groups is 1. The molecule has 23 heavy (non-hydrogen) atoms. The van der Waals surface area contributed by atoms with E-state index >= 15 is 0 Å². The van der Waals surface area contributed by atoms with Crippen molar-refractivity contribution in [1.82, 2.24) is 10.2 Å². The molecule has 1 unspecified atom stereocenters. The van der Waals surface area contributed by atoms with Crippen LogP contribution in [-0.4, -0.2) is 43.8 Å². The largest absolute Gasteiger partial charge is 0.377 e. The van der Waals surface area contributed by atoms with E-state index in [0.29, 0.717) is 19.7 Å². The van der Waals surface area contributed by atoms with E-state index in [-0.39, 0.29) is 12.1 Å². The van der Waals surface area contributed by atoms with E-state index in [1.165, 1.54) is 6.42 Å². The molecular weight excluding hydrogens is 292 g/mol. The highest BCUT2D eigenvalue weighted by Gasteiger charge is 2.18. The molecule has 0 spiro atoms. The minimum Gasteiger partial charge on any atom is -0.377 e. The summed E-state index contributed by atoms with van der Waals surface area (Å²) in [4.78, 5) is 13.8. The van der Waals surface area contributed by atoms with Gasteiger partial charge in [0, 0.05) is 33.4 Å². The molecule has 1 aliphatic heterocycles. The maximum absolute atomic E-state index is 12.1. The van der Waals surface area contributed by atoms with E-state index in [4.69, 9.17) is 9.47 Å². The maximum atomic E-state index is 12.1. The summed E-state index contributed by atoms with van der Waals surface area (Å²) in [7, 11) is 1.82. The average Bonchev–Trinajstić information content (AvgIpc) is 2.59. The van der Waals surface area contributed by atoms with E-state index in [9.17, 15) is 4.79 Å². The number of benzene rings is 1. The zero-order chi connectivity index (χ0) is 16.5. The molecule has 1 fully saturated rings. The van der Waals surface area contributed by atoms with Crippen LogP contribution in [0.2, 0.25) is 0 Å². The Bertz CT molecular complexity index is 470. The van der Waals surface area contributed by atoms with Gasteiger partial charge in [0.05, 0.1) is 12.7 Å². The van der Waals surface area contributed by atoms with Gasteiger partial charge < -0.3 is 19.7 Å². The lowest BCUT2D eigenvalue weighted by molar-refractivity contribution is 0.00385. The van der Waals surface area contributed by atoms with Crippen molar-refractivity contribution in [2.45, 2.75) is 45.4 Å². The lowest BCUT2D eigenvalue weighted by Crippen LogP contribution is -2.42. The second-order valence-electron chi connectivity index (χ2n) is 5.98. The van der Waals surface area contributed by atoms with Crippen molar-refractivity contribution < 1.29 is 14.3 Å². The van der Waals surface area contributed by atoms with E-state index in [0.717, 1.165) is 37.2 Å². The number of ether oxygens (including phenoxy) is 2. The maximum Gasteiger partial charge on any atom is 0.317 e. The minimum absolute atomic E-state index is 0.0578. The Hall–Kier alpha value is -1.59. The van der Waals surface area contributed by atoms with Gasteiger partial charge in [-0.3, -0.25) is 0 Å². The molecule has 128 valence electrons. The molecule has 1 aliphatic rings. The molecule has 1 N–H and O–H groups in total. The first kappa shape index (κ1) is 17.8. The molecule has 1 atom stereocenters. The van der Waals surface area contributed by atoms with Crippen LogP contribution in [0.4, 0.5) is 4.79 Å². The van der Waals surface area contributed by atoms with Gasteiger partial charge in [0.1, 0.15) is 0 Å². The van der Waals surface area contributed by atoms with Crippen molar-refractivity contribution in [2.75, 3.05) is 26.8 Å². The summed E-state index contributed by atoms with van der Waals surface area (Å²) < 4.78 is 11.0. The molecule has 2 amide bonds. The summed E-state index contributed by atoms with van der Waals surface area (Å²) in [5.41, 5.74) is 2.23. The Balaban J connectivity index is 1.72. The number of rotatable bonds is 7. The van der Waals surface area contributed by atoms with Gasteiger partial charge in [-0.25, -0.2) is 4.79 Å². The molecule has 1 aromatic rings. The SMILES string of the molecule is CCOCc1ccc(CNC(=O)N(C)CC2CCCCO2)cc1. The second-order valence-corrected chi connectivity index (χ2v) is 5.98. The van der Waals surface area contributed by atoms with Gasteiger partial charge >= 0.3 is 6.03 Å². The third-order valence-electron chi connectivity index (χ3n) is 4.04. The monoisotopic (exact) mass is 320 g/mol. The molecule has 2 rings (SSSR count). The standard InChI is InChI=1S/C18H28N2O3/c1-3-22-14-16-9-7-15(8-10-16)12-19-18(21)20(2)13-17-6-4-5-11-23-17/h7-10,17H,3-6,11-14H2,1-2H3,(H,19,21). The van der Waals surface area contributed by atoms with E-state index < -0.39 is 0 Å². The molecule has 0 aliphatic carbocycles. The number of hydrogen-bond donors (Lipinski definition) is 1. The van der Waals surface area contributed by atoms with Crippen LogP contribution in [0.1, 0.15) is 37.3 Å². The Morgan fingerprint density at radius 1 is 1.30 bits per heavy atom. The van der Waals surface area contributed by atoms with Gasteiger partial charge in [0.2, 0.25) is 0 Å².